The summed E-state index contributed by atoms with van der Waals surface area (Å²) in [6, 6.07) is 2.30. The molecule has 2 N–H and O–H groups in total. The molecule has 6 nitrogen and oxygen atoms in total. The summed E-state index contributed by atoms with van der Waals surface area (Å²) < 4.78 is 5.13. The minimum absolute atomic E-state index is 0.0543. The molecular formula is C15H26N4O2. The largest absolute Gasteiger partial charge is 0.338 e. The van der Waals surface area contributed by atoms with Gasteiger partial charge in [0.1, 0.15) is 0 Å². The summed E-state index contributed by atoms with van der Waals surface area (Å²) in [5.74, 6) is 0.667. The van der Waals surface area contributed by atoms with Crippen molar-refractivity contribution in [1.82, 2.24) is 15.4 Å². The summed E-state index contributed by atoms with van der Waals surface area (Å²) in [6.07, 6.45) is 2.42. The molecule has 0 saturated carbocycles. The Kier molecular flexibility index (Phi) is 5.76. The Hall–Kier alpha value is -1.40. The smallest absolute Gasteiger partial charge is 0.240 e. The van der Waals surface area contributed by atoms with Crippen molar-refractivity contribution in [3.05, 3.63) is 11.8 Å². The molecular weight excluding hydrogens is 268 g/mol. The van der Waals surface area contributed by atoms with E-state index in [1.807, 2.05) is 13.8 Å². The SMILES string of the molecule is CCN(CC(=O)Nc1cc(C(C)C)no1)CC1CCCN1. The molecule has 6 heteroatoms. The van der Waals surface area contributed by atoms with Crippen LogP contribution in [-0.2, 0) is 4.79 Å². The molecule has 2 heterocycles. The lowest BCUT2D eigenvalue weighted by atomic mass is 10.1. The molecule has 1 unspecified atom stereocenters. The highest BCUT2D eigenvalue weighted by molar-refractivity contribution is 5.90. The van der Waals surface area contributed by atoms with Gasteiger partial charge in [0.15, 0.2) is 0 Å². The summed E-state index contributed by atoms with van der Waals surface area (Å²) >= 11 is 0. The summed E-state index contributed by atoms with van der Waals surface area (Å²) in [5, 5.41) is 10.2. The molecule has 21 heavy (non-hydrogen) atoms. The Labute approximate surface area is 126 Å². The number of nitrogens with one attached hydrogen (secondary N) is 2. The summed E-state index contributed by atoms with van der Waals surface area (Å²) in [7, 11) is 0. The predicted molar refractivity (Wildman–Crippen MR) is 82.4 cm³/mol. The molecule has 0 aliphatic carbocycles. The lowest BCUT2D eigenvalue weighted by Gasteiger charge is -2.23. The maximum atomic E-state index is 12.1. The van der Waals surface area contributed by atoms with E-state index in [9.17, 15) is 4.79 Å². The van der Waals surface area contributed by atoms with E-state index in [0.717, 1.165) is 25.3 Å². The summed E-state index contributed by atoms with van der Waals surface area (Å²) in [5.41, 5.74) is 0.854. The van der Waals surface area contributed by atoms with E-state index in [1.165, 1.54) is 12.8 Å². The summed E-state index contributed by atoms with van der Waals surface area (Å²) in [4.78, 5) is 14.2. The molecule has 1 aliphatic rings. The fourth-order valence-corrected chi connectivity index (χ4v) is 2.53. The van der Waals surface area contributed by atoms with Crippen molar-refractivity contribution in [3.63, 3.8) is 0 Å². The van der Waals surface area contributed by atoms with Gasteiger partial charge in [-0.15, -0.1) is 0 Å². The van der Waals surface area contributed by atoms with E-state index < -0.39 is 0 Å². The third-order valence-electron chi connectivity index (χ3n) is 3.84. The molecule has 1 atom stereocenters. The van der Waals surface area contributed by atoms with Gasteiger partial charge in [0.05, 0.1) is 12.2 Å². The lowest BCUT2D eigenvalue weighted by molar-refractivity contribution is -0.117. The minimum atomic E-state index is -0.0543. The second-order valence-electron chi connectivity index (χ2n) is 5.94. The molecule has 0 radical (unpaired) electrons. The zero-order valence-electron chi connectivity index (χ0n) is 13.2. The fraction of sp³-hybridized carbons (Fsp3) is 0.733. The number of anilines is 1. The van der Waals surface area contributed by atoms with Crippen molar-refractivity contribution in [2.24, 2.45) is 0 Å². The average molecular weight is 294 g/mol. The number of aromatic nitrogens is 1. The van der Waals surface area contributed by atoms with E-state index in [-0.39, 0.29) is 5.91 Å². The second-order valence-corrected chi connectivity index (χ2v) is 5.94. The molecule has 1 aromatic heterocycles. The maximum absolute atomic E-state index is 12.1. The third-order valence-corrected chi connectivity index (χ3v) is 3.84. The van der Waals surface area contributed by atoms with Gasteiger partial charge in [-0.1, -0.05) is 25.9 Å². The Balaban J connectivity index is 1.81. The van der Waals surface area contributed by atoms with Crippen molar-refractivity contribution < 1.29 is 9.32 Å². The number of carbonyl (C=O) groups excluding carboxylic acids is 1. The van der Waals surface area contributed by atoms with Gasteiger partial charge >= 0.3 is 0 Å². The van der Waals surface area contributed by atoms with Crippen LogP contribution in [0.2, 0.25) is 0 Å². The Morgan fingerprint density at radius 1 is 1.62 bits per heavy atom. The first-order chi connectivity index (χ1) is 10.1. The first-order valence-electron chi connectivity index (χ1n) is 7.80. The maximum Gasteiger partial charge on any atom is 0.240 e. The fourth-order valence-electron chi connectivity index (χ4n) is 2.53. The number of amides is 1. The Morgan fingerprint density at radius 3 is 3.00 bits per heavy atom. The van der Waals surface area contributed by atoms with Crippen LogP contribution < -0.4 is 10.6 Å². The first kappa shape index (κ1) is 16.0. The molecule has 1 aliphatic heterocycles. The van der Waals surface area contributed by atoms with Crippen molar-refractivity contribution in [2.75, 3.05) is 31.5 Å². The van der Waals surface area contributed by atoms with Crippen molar-refractivity contribution in [3.8, 4) is 0 Å². The van der Waals surface area contributed by atoms with Gasteiger partial charge in [-0.25, -0.2) is 0 Å². The normalized spacial score (nSPS) is 18.6. The van der Waals surface area contributed by atoms with Crippen molar-refractivity contribution in [2.45, 2.75) is 45.6 Å². The van der Waals surface area contributed by atoms with Crippen LogP contribution in [0.25, 0.3) is 0 Å². The Bertz CT molecular complexity index is 452. The second kappa shape index (κ2) is 7.56. The molecule has 2 rings (SSSR count). The number of hydrogen-bond donors (Lipinski definition) is 2. The van der Waals surface area contributed by atoms with E-state index in [2.05, 4.69) is 27.6 Å². The van der Waals surface area contributed by atoms with Crippen LogP contribution in [0.1, 0.15) is 45.2 Å². The van der Waals surface area contributed by atoms with E-state index in [4.69, 9.17) is 4.52 Å². The van der Waals surface area contributed by atoms with Gasteiger partial charge in [0.2, 0.25) is 11.8 Å². The van der Waals surface area contributed by atoms with Gasteiger partial charge in [-0.2, -0.15) is 0 Å². The van der Waals surface area contributed by atoms with Gasteiger partial charge in [0, 0.05) is 18.7 Å². The van der Waals surface area contributed by atoms with Gasteiger partial charge in [-0.3, -0.25) is 15.0 Å². The van der Waals surface area contributed by atoms with Crippen molar-refractivity contribution >= 4 is 11.8 Å². The van der Waals surface area contributed by atoms with Crippen molar-refractivity contribution in [1.29, 1.82) is 0 Å². The van der Waals surface area contributed by atoms with Crippen LogP contribution in [0.15, 0.2) is 10.6 Å². The molecule has 118 valence electrons. The number of likely N-dealkylation sites (N-methyl/N-ethyl adjacent to an activating group) is 1. The number of nitrogens with zero attached hydrogens (tertiary/aromatic N) is 2. The molecule has 0 aromatic carbocycles. The standard InChI is InChI=1S/C15H26N4O2/c1-4-19(9-12-6-5-7-16-12)10-14(20)17-15-8-13(11(2)3)18-21-15/h8,11-12,16H,4-7,9-10H2,1-3H3,(H,17,20). The quantitative estimate of drug-likeness (QED) is 0.802. The van der Waals surface area contributed by atoms with Crippen LogP contribution in [0.3, 0.4) is 0 Å². The number of carbonyl (C=O) groups is 1. The van der Waals surface area contributed by atoms with Crippen LogP contribution in [0.5, 0.6) is 0 Å². The monoisotopic (exact) mass is 294 g/mol. The number of rotatable bonds is 7. The van der Waals surface area contributed by atoms with Gasteiger partial charge in [-0.05, 0) is 31.8 Å². The highest BCUT2D eigenvalue weighted by Crippen LogP contribution is 2.17. The highest BCUT2D eigenvalue weighted by Gasteiger charge is 2.19. The minimum Gasteiger partial charge on any atom is -0.338 e. The average Bonchev–Trinajstić information content (AvgIpc) is 3.09. The van der Waals surface area contributed by atoms with E-state index in [0.29, 0.717) is 24.4 Å². The van der Waals surface area contributed by atoms with E-state index >= 15 is 0 Å². The van der Waals surface area contributed by atoms with Crippen LogP contribution in [-0.4, -0.2) is 48.2 Å². The highest BCUT2D eigenvalue weighted by atomic mass is 16.5. The molecule has 1 saturated heterocycles. The van der Waals surface area contributed by atoms with E-state index in [1.54, 1.807) is 6.07 Å². The molecule has 0 bridgehead atoms. The van der Waals surface area contributed by atoms with Gasteiger partial charge < -0.3 is 9.84 Å². The third kappa shape index (κ3) is 4.82. The molecule has 1 fully saturated rings. The van der Waals surface area contributed by atoms with Crippen LogP contribution in [0.4, 0.5) is 5.88 Å². The predicted octanol–water partition coefficient (Wildman–Crippen LogP) is 1.81. The topological polar surface area (TPSA) is 70.4 Å². The number of hydrogen-bond acceptors (Lipinski definition) is 5. The lowest BCUT2D eigenvalue weighted by Crippen LogP contribution is -2.41. The zero-order valence-corrected chi connectivity index (χ0v) is 13.2. The molecule has 1 aromatic rings. The molecule has 1 amide bonds. The Morgan fingerprint density at radius 2 is 2.43 bits per heavy atom. The van der Waals surface area contributed by atoms with Crippen LogP contribution >= 0.6 is 0 Å². The summed E-state index contributed by atoms with van der Waals surface area (Å²) in [6.45, 7) is 9.40. The molecule has 0 spiro atoms. The zero-order chi connectivity index (χ0) is 15.2. The van der Waals surface area contributed by atoms with Gasteiger partial charge in [0.25, 0.3) is 0 Å². The first-order valence-corrected chi connectivity index (χ1v) is 7.80. The van der Waals surface area contributed by atoms with Crippen LogP contribution in [0, 0.1) is 0 Å².